The molecule has 1 aromatic carbocycles. The van der Waals surface area contributed by atoms with Crippen LogP contribution in [0.5, 0.6) is 5.75 Å². The predicted molar refractivity (Wildman–Crippen MR) is 56.0 cm³/mol. The monoisotopic (exact) mass is 207 g/mol. The molecule has 0 amide bonds. The smallest absolute Gasteiger partial charge is 0.172 e. The summed E-state index contributed by atoms with van der Waals surface area (Å²) in [4.78, 5) is 2.58. The molecule has 0 aliphatic rings. The molecular weight excluding hydrogens is 197 g/mol. The summed E-state index contributed by atoms with van der Waals surface area (Å²) in [6.07, 6.45) is 3.13. The lowest BCUT2D eigenvalue weighted by molar-refractivity contribution is 0.386. The van der Waals surface area contributed by atoms with Crippen molar-refractivity contribution >= 4 is 6.08 Å². The van der Waals surface area contributed by atoms with Crippen LogP contribution in [-0.4, -0.2) is 13.7 Å². The summed E-state index contributed by atoms with van der Waals surface area (Å²) in [7, 11) is 1.41. The highest BCUT2D eigenvalue weighted by atomic mass is 19.1. The molecule has 0 radical (unpaired) electrons. The van der Waals surface area contributed by atoms with E-state index >= 15 is 0 Å². The summed E-state index contributed by atoms with van der Waals surface area (Å²) in [5.41, 5.74) is 8.44. The van der Waals surface area contributed by atoms with Gasteiger partial charge in [0.2, 0.25) is 0 Å². The molecule has 5 heteroatoms. The van der Waals surface area contributed by atoms with Gasteiger partial charge in [-0.3, -0.25) is 0 Å². The van der Waals surface area contributed by atoms with E-state index in [0.29, 0.717) is 5.56 Å². The van der Waals surface area contributed by atoms with Crippen LogP contribution in [0.2, 0.25) is 0 Å². The Morgan fingerprint density at radius 2 is 2.40 bits per heavy atom. The minimum absolute atomic E-state index is 0.195. The number of methoxy groups -OCH3 is 1. The van der Waals surface area contributed by atoms with E-state index in [1.807, 2.05) is 0 Å². The molecule has 0 aliphatic carbocycles. The highest BCUT2D eigenvalue weighted by Crippen LogP contribution is 2.20. The van der Waals surface area contributed by atoms with Gasteiger partial charge in [0.1, 0.15) is 0 Å². The normalized spacial score (nSPS) is 10.0. The second kappa shape index (κ2) is 5.67. The maximum Gasteiger partial charge on any atom is 0.172 e. The quantitative estimate of drug-likeness (QED) is 0.425. The first kappa shape index (κ1) is 11.1. The fraction of sp³-hybridized carbons (Fsp3) is 0.200. The summed E-state index contributed by atoms with van der Waals surface area (Å²) >= 11 is 0. The molecule has 0 N–H and O–H groups in total. The molecule has 4 nitrogen and oxygen atoms in total. The molecule has 0 spiro atoms. The number of benzene rings is 1. The van der Waals surface area contributed by atoms with E-state index in [9.17, 15) is 4.39 Å². The van der Waals surface area contributed by atoms with E-state index in [2.05, 4.69) is 10.0 Å². The van der Waals surface area contributed by atoms with Crippen LogP contribution in [0.25, 0.3) is 16.5 Å². The zero-order valence-electron chi connectivity index (χ0n) is 8.22. The zero-order chi connectivity index (χ0) is 11.1. The molecular formula is C10H10FN3O. The van der Waals surface area contributed by atoms with E-state index in [0.717, 1.165) is 0 Å². The number of halogens is 1. The number of azide groups is 1. The van der Waals surface area contributed by atoms with Gasteiger partial charge in [0.05, 0.1) is 7.11 Å². The van der Waals surface area contributed by atoms with Crippen molar-refractivity contribution in [3.05, 3.63) is 46.1 Å². The van der Waals surface area contributed by atoms with E-state index in [-0.39, 0.29) is 12.3 Å². The lowest BCUT2D eigenvalue weighted by Gasteiger charge is -2.03. The SMILES string of the molecule is COc1cccc(C=CCN=[N+]=[N-])c1F. The molecule has 0 aromatic heterocycles. The van der Waals surface area contributed by atoms with Gasteiger partial charge < -0.3 is 4.74 Å². The Kier molecular flexibility index (Phi) is 4.19. The van der Waals surface area contributed by atoms with Crippen LogP contribution in [0, 0.1) is 5.82 Å². The van der Waals surface area contributed by atoms with Crippen molar-refractivity contribution in [2.45, 2.75) is 0 Å². The van der Waals surface area contributed by atoms with E-state index in [4.69, 9.17) is 10.3 Å². The van der Waals surface area contributed by atoms with Gasteiger partial charge in [0.25, 0.3) is 0 Å². The Balaban J connectivity index is 2.85. The second-order valence-corrected chi connectivity index (χ2v) is 2.68. The highest BCUT2D eigenvalue weighted by Gasteiger charge is 2.04. The fourth-order valence-corrected chi connectivity index (χ4v) is 1.08. The number of ether oxygens (including phenoxy) is 1. The fourth-order valence-electron chi connectivity index (χ4n) is 1.08. The van der Waals surface area contributed by atoms with Crippen molar-refractivity contribution in [2.24, 2.45) is 5.11 Å². The first-order valence-corrected chi connectivity index (χ1v) is 4.29. The van der Waals surface area contributed by atoms with Crippen molar-refractivity contribution in [1.82, 2.24) is 0 Å². The molecule has 78 valence electrons. The molecule has 0 saturated carbocycles. The molecule has 0 aliphatic heterocycles. The third-order valence-electron chi connectivity index (χ3n) is 1.76. The Morgan fingerprint density at radius 1 is 1.60 bits per heavy atom. The second-order valence-electron chi connectivity index (χ2n) is 2.68. The Labute approximate surface area is 86.6 Å². The Morgan fingerprint density at radius 3 is 3.07 bits per heavy atom. The van der Waals surface area contributed by atoms with Crippen LogP contribution >= 0.6 is 0 Å². The minimum Gasteiger partial charge on any atom is -0.494 e. The van der Waals surface area contributed by atoms with Gasteiger partial charge in [-0.1, -0.05) is 29.4 Å². The standard InChI is InChI=1S/C10H10FN3O/c1-15-9-6-2-4-8(10(9)11)5-3-7-13-14-12/h2-6H,7H2,1H3. The van der Waals surface area contributed by atoms with Gasteiger partial charge in [-0.05, 0) is 11.6 Å². The average molecular weight is 207 g/mol. The van der Waals surface area contributed by atoms with Gasteiger partial charge in [-0.15, -0.1) is 0 Å². The van der Waals surface area contributed by atoms with Crippen LogP contribution < -0.4 is 4.74 Å². The molecule has 0 unspecified atom stereocenters. The van der Waals surface area contributed by atoms with Crippen LogP contribution in [0.4, 0.5) is 4.39 Å². The summed E-state index contributed by atoms with van der Waals surface area (Å²) < 4.78 is 18.3. The molecule has 1 rings (SSSR count). The first-order valence-electron chi connectivity index (χ1n) is 4.29. The van der Waals surface area contributed by atoms with Gasteiger partial charge >= 0.3 is 0 Å². The van der Waals surface area contributed by atoms with Gasteiger partial charge in [0.15, 0.2) is 11.6 Å². The molecule has 0 fully saturated rings. The number of hydrogen-bond donors (Lipinski definition) is 0. The molecule has 0 atom stereocenters. The van der Waals surface area contributed by atoms with Crippen molar-refractivity contribution in [2.75, 3.05) is 13.7 Å². The Hall–Kier alpha value is -2.00. The first-order chi connectivity index (χ1) is 7.29. The predicted octanol–water partition coefficient (Wildman–Crippen LogP) is 3.16. The number of hydrogen-bond acceptors (Lipinski definition) is 2. The van der Waals surface area contributed by atoms with E-state index in [1.165, 1.54) is 7.11 Å². The number of nitrogens with zero attached hydrogens (tertiary/aromatic N) is 3. The lowest BCUT2D eigenvalue weighted by atomic mass is 10.2. The highest BCUT2D eigenvalue weighted by molar-refractivity contribution is 5.53. The van der Waals surface area contributed by atoms with E-state index < -0.39 is 5.82 Å². The maximum atomic E-state index is 13.5. The largest absolute Gasteiger partial charge is 0.494 e. The van der Waals surface area contributed by atoms with Crippen molar-refractivity contribution in [3.8, 4) is 5.75 Å². The van der Waals surface area contributed by atoms with Crippen molar-refractivity contribution in [3.63, 3.8) is 0 Å². The third-order valence-corrected chi connectivity index (χ3v) is 1.76. The Bertz CT molecular complexity index is 411. The van der Waals surface area contributed by atoms with Crippen molar-refractivity contribution < 1.29 is 9.13 Å². The minimum atomic E-state index is -0.419. The third kappa shape index (κ3) is 3.00. The van der Waals surface area contributed by atoms with Crippen LogP contribution in [-0.2, 0) is 0 Å². The average Bonchev–Trinajstić information content (AvgIpc) is 2.26. The maximum absolute atomic E-state index is 13.5. The molecule has 0 heterocycles. The number of rotatable bonds is 4. The molecule has 1 aromatic rings. The summed E-state index contributed by atoms with van der Waals surface area (Å²) in [5, 5.41) is 3.30. The summed E-state index contributed by atoms with van der Waals surface area (Å²) in [6.45, 7) is 0.202. The van der Waals surface area contributed by atoms with E-state index in [1.54, 1.807) is 30.4 Å². The van der Waals surface area contributed by atoms with Gasteiger partial charge in [-0.25, -0.2) is 4.39 Å². The zero-order valence-corrected chi connectivity index (χ0v) is 8.22. The van der Waals surface area contributed by atoms with Crippen LogP contribution in [0.3, 0.4) is 0 Å². The lowest BCUT2D eigenvalue weighted by Crippen LogP contribution is -1.90. The van der Waals surface area contributed by atoms with Crippen molar-refractivity contribution in [1.29, 1.82) is 0 Å². The van der Waals surface area contributed by atoms with Gasteiger partial charge in [0, 0.05) is 17.0 Å². The summed E-state index contributed by atoms with van der Waals surface area (Å²) in [5.74, 6) is -0.224. The van der Waals surface area contributed by atoms with Gasteiger partial charge in [-0.2, -0.15) is 0 Å². The van der Waals surface area contributed by atoms with Crippen LogP contribution in [0.1, 0.15) is 5.56 Å². The summed E-state index contributed by atoms with van der Waals surface area (Å²) in [6, 6.07) is 4.85. The molecule has 15 heavy (non-hydrogen) atoms. The molecule has 0 saturated heterocycles. The topological polar surface area (TPSA) is 58.0 Å². The molecule has 0 bridgehead atoms. The van der Waals surface area contributed by atoms with Crippen LogP contribution in [0.15, 0.2) is 29.4 Å².